The van der Waals surface area contributed by atoms with Crippen molar-refractivity contribution in [2.24, 2.45) is 7.05 Å². The summed E-state index contributed by atoms with van der Waals surface area (Å²) >= 11 is 0. The Labute approximate surface area is 275 Å². The molecule has 256 valence electrons. The molecule has 0 saturated carbocycles. The van der Waals surface area contributed by atoms with E-state index in [9.17, 15) is 31.9 Å². The van der Waals surface area contributed by atoms with Crippen LogP contribution in [0, 0.1) is 24.4 Å². The summed E-state index contributed by atoms with van der Waals surface area (Å²) < 4.78 is 90.0. The first-order valence-electron chi connectivity index (χ1n) is 15.0. The van der Waals surface area contributed by atoms with Gasteiger partial charge in [-0.05, 0) is 60.9 Å². The van der Waals surface area contributed by atoms with E-state index in [4.69, 9.17) is 4.74 Å². The van der Waals surface area contributed by atoms with Crippen LogP contribution in [0.3, 0.4) is 0 Å². The molecule has 5 rings (SSSR count). The summed E-state index contributed by atoms with van der Waals surface area (Å²) in [7, 11) is 2.62. The number of halogens is 6. The van der Waals surface area contributed by atoms with Gasteiger partial charge >= 0.3 is 12.1 Å². The van der Waals surface area contributed by atoms with Crippen molar-refractivity contribution in [1.29, 1.82) is 0 Å². The van der Waals surface area contributed by atoms with Gasteiger partial charge in [0.05, 0.1) is 23.7 Å². The van der Waals surface area contributed by atoms with Gasteiger partial charge in [0.2, 0.25) is 0 Å². The number of carbonyl (C=O) groups excluding carboxylic acids is 2. The Hall–Kier alpha value is -5.40. The second-order valence-electron chi connectivity index (χ2n) is 11.4. The summed E-state index contributed by atoms with van der Waals surface area (Å²) in [4.78, 5) is 44.0. The highest BCUT2D eigenvalue weighted by atomic mass is 19.4. The minimum absolute atomic E-state index is 0.243. The van der Waals surface area contributed by atoms with Crippen molar-refractivity contribution < 1.29 is 40.7 Å². The van der Waals surface area contributed by atoms with Crippen LogP contribution in [0.2, 0.25) is 0 Å². The zero-order valence-corrected chi connectivity index (χ0v) is 26.6. The molecule has 14 heteroatoms. The Bertz CT molecular complexity index is 2140. The number of aryl methyl sites for hydroxylation is 2. The third-order valence-corrected chi connectivity index (χ3v) is 8.38. The van der Waals surface area contributed by atoms with Gasteiger partial charge in [-0.3, -0.25) is 14.6 Å². The zero-order valence-electron chi connectivity index (χ0n) is 26.6. The van der Waals surface area contributed by atoms with Crippen molar-refractivity contribution >= 4 is 39.4 Å². The Morgan fingerprint density at radius 1 is 1.00 bits per heavy atom. The number of rotatable bonds is 9. The molecular formula is C35H30F6N4O4. The number of benzene rings is 3. The van der Waals surface area contributed by atoms with E-state index in [1.807, 2.05) is 5.32 Å². The van der Waals surface area contributed by atoms with Crippen LogP contribution in [0.25, 0.3) is 32.9 Å². The lowest BCUT2D eigenvalue weighted by atomic mass is 9.92. The number of hydrogen-bond donors (Lipinski definition) is 2. The van der Waals surface area contributed by atoms with Gasteiger partial charge in [-0.15, -0.1) is 0 Å². The third kappa shape index (κ3) is 6.80. The van der Waals surface area contributed by atoms with Crippen LogP contribution in [0.15, 0.2) is 65.6 Å². The average molecular weight is 685 g/mol. The molecule has 3 aromatic carbocycles. The van der Waals surface area contributed by atoms with Gasteiger partial charge in [-0.25, -0.2) is 18.0 Å². The van der Waals surface area contributed by atoms with Gasteiger partial charge in [0, 0.05) is 41.7 Å². The molecule has 0 unspecified atom stereocenters. The summed E-state index contributed by atoms with van der Waals surface area (Å²) in [5.74, 6) is -5.68. The first-order valence-corrected chi connectivity index (χ1v) is 15.0. The molecule has 49 heavy (non-hydrogen) atoms. The quantitative estimate of drug-likeness (QED) is 0.132. The van der Waals surface area contributed by atoms with Gasteiger partial charge in [-0.2, -0.15) is 13.2 Å². The number of nitrogens with zero attached hydrogens (tertiary/aromatic N) is 2. The minimum atomic E-state index is -4.69. The highest BCUT2D eigenvalue weighted by Crippen LogP contribution is 2.33. The van der Waals surface area contributed by atoms with Gasteiger partial charge in [0.15, 0.2) is 0 Å². The summed E-state index contributed by atoms with van der Waals surface area (Å²) in [5, 5.41) is 5.29. The van der Waals surface area contributed by atoms with Crippen LogP contribution in [0.5, 0.6) is 0 Å². The number of aromatic nitrogens is 2. The molecule has 0 aliphatic heterocycles. The van der Waals surface area contributed by atoms with Crippen LogP contribution >= 0.6 is 0 Å². The van der Waals surface area contributed by atoms with Crippen LogP contribution in [-0.4, -0.2) is 46.8 Å². The molecule has 5 aromatic rings. The lowest BCUT2D eigenvalue weighted by Crippen LogP contribution is -2.43. The predicted molar refractivity (Wildman–Crippen MR) is 172 cm³/mol. The lowest BCUT2D eigenvalue weighted by Gasteiger charge is -2.22. The zero-order chi connectivity index (χ0) is 35.8. The third-order valence-electron chi connectivity index (χ3n) is 8.38. The molecule has 2 atom stereocenters. The van der Waals surface area contributed by atoms with E-state index in [0.717, 1.165) is 7.11 Å². The number of alkyl halides is 3. The molecule has 0 fully saturated rings. The number of ether oxygens (including phenoxy) is 1. The SMILES string of the molecule is CC[C@@H](Nc1cc(F)c(C(=O)N[C@@H](Cc2ccc(-c3c(C)c4cc(F)ccc4n(C)c3=O)c3ncccc23)C(=O)OC)c(F)c1)C(F)(F)F. The fraction of sp³-hybridized carbons (Fsp3) is 0.257. The monoisotopic (exact) mass is 684 g/mol. The first kappa shape index (κ1) is 34.9. The minimum Gasteiger partial charge on any atom is -0.467 e. The van der Waals surface area contributed by atoms with Gasteiger partial charge < -0.3 is 19.9 Å². The molecule has 1 amide bonds. The first-order chi connectivity index (χ1) is 23.2. The van der Waals surface area contributed by atoms with Crippen molar-refractivity contribution in [3.8, 4) is 11.1 Å². The molecule has 2 N–H and O–H groups in total. The highest BCUT2D eigenvalue weighted by molar-refractivity contribution is 6.00. The molecule has 8 nitrogen and oxygen atoms in total. The number of hydrogen-bond acceptors (Lipinski definition) is 6. The Morgan fingerprint density at radius 3 is 2.33 bits per heavy atom. The van der Waals surface area contributed by atoms with Gasteiger partial charge in [-0.1, -0.05) is 25.1 Å². The second-order valence-corrected chi connectivity index (χ2v) is 11.4. The van der Waals surface area contributed by atoms with Crippen molar-refractivity contribution in [2.75, 3.05) is 12.4 Å². The predicted octanol–water partition coefficient (Wildman–Crippen LogP) is 6.75. The van der Waals surface area contributed by atoms with Crippen molar-refractivity contribution in [3.05, 3.63) is 105 Å². The van der Waals surface area contributed by atoms with E-state index in [2.05, 4.69) is 10.3 Å². The van der Waals surface area contributed by atoms with Crippen molar-refractivity contribution in [2.45, 2.75) is 44.9 Å². The number of anilines is 1. The maximum atomic E-state index is 15.0. The number of fused-ring (bicyclic) bond motifs is 2. The van der Waals surface area contributed by atoms with Gasteiger partial charge in [0.25, 0.3) is 11.5 Å². The fourth-order valence-corrected chi connectivity index (χ4v) is 5.88. The molecule has 2 aromatic heterocycles. The van der Waals surface area contributed by atoms with E-state index >= 15 is 8.78 Å². The highest BCUT2D eigenvalue weighted by Gasteiger charge is 2.38. The maximum absolute atomic E-state index is 15.0. The average Bonchev–Trinajstić information content (AvgIpc) is 3.05. The molecule has 0 aliphatic carbocycles. The lowest BCUT2D eigenvalue weighted by molar-refractivity contribution is -0.143. The molecule has 0 bridgehead atoms. The summed E-state index contributed by atoms with van der Waals surface area (Å²) in [5.41, 5.74) is 0.562. The van der Waals surface area contributed by atoms with E-state index in [1.165, 1.54) is 35.9 Å². The van der Waals surface area contributed by atoms with Crippen molar-refractivity contribution in [1.82, 2.24) is 14.9 Å². The summed E-state index contributed by atoms with van der Waals surface area (Å²) in [6.07, 6.45) is -3.85. The van der Waals surface area contributed by atoms with Crippen LogP contribution in [-0.2, 0) is 23.0 Å². The fourth-order valence-electron chi connectivity index (χ4n) is 5.88. The molecule has 0 spiro atoms. The topological polar surface area (TPSA) is 102 Å². The van der Waals surface area contributed by atoms with E-state index in [-0.39, 0.29) is 17.5 Å². The van der Waals surface area contributed by atoms with Gasteiger partial charge in [0.1, 0.15) is 35.1 Å². The van der Waals surface area contributed by atoms with E-state index in [0.29, 0.717) is 50.6 Å². The number of amides is 1. The van der Waals surface area contributed by atoms with Crippen molar-refractivity contribution in [3.63, 3.8) is 0 Å². The second kappa shape index (κ2) is 13.6. The van der Waals surface area contributed by atoms with E-state index < -0.39 is 65.3 Å². The Morgan fingerprint density at radius 2 is 1.69 bits per heavy atom. The number of nitrogens with one attached hydrogen (secondary N) is 2. The molecule has 0 aliphatic rings. The number of esters is 1. The standard InChI is InChI=1S/C35H30F6N4O4/c1-5-28(35(39,40)41)43-20-15-24(37)30(25(38)16-20)32(46)44-26(34(48)49-4)13-18-8-10-22(31-21(18)7-6-12-42-31)29-17(2)23-14-19(36)9-11-27(23)45(3)33(29)47/h6-12,14-16,26,28,43H,5,13H2,1-4H3,(H,44,46)/t26-,28+/m0/s1. The number of pyridine rings is 2. The van der Waals surface area contributed by atoms with Crippen LogP contribution in [0.1, 0.15) is 34.8 Å². The number of carbonyl (C=O) groups is 2. The number of methoxy groups -OCH3 is 1. The van der Waals surface area contributed by atoms with Crippen LogP contribution in [0.4, 0.5) is 32.0 Å². The summed E-state index contributed by atoms with van der Waals surface area (Å²) in [6, 6.07) is 8.17. The maximum Gasteiger partial charge on any atom is 0.408 e. The molecule has 0 radical (unpaired) electrons. The Balaban J connectivity index is 1.50. The normalized spacial score (nSPS) is 12.9. The smallest absolute Gasteiger partial charge is 0.408 e. The van der Waals surface area contributed by atoms with E-state index in [1.54, 1.807) is 38.2 Å². The largest absolute Gasteiger partial charge is 0.467 e. The molecular weight excluding hydrogens is 654 g/mol. The summed E-state index contributed by atoms with van der Waals surface area (Å²) in [6.45, 7) is 2.94. The molecule has 0 saturated heterocycles. The van der Waals surface area contributed by atoms with Crippen LogP contribution < -0.4 is 16.2 Å². The molecule has 2 heterocycles. The Kier molecular flexibility index (Phi) is 9.70.